The highest BCUT2D eigenvalue weighted by molar-refractivity contribution is 5.66. The second-order valence-electron chi connectivity index (χ2n) is 4.97. The summed E-state index contributed by atoms with van der Waals surface area (Å²) >= 11 is 0. The van der Waals surface area contributed by atoms with E-state index >= 15 is 0 Å². The Balaban J connectivity index is 1.89. The van der Waals surface area contributed by atoms with Crippen LogP contribution in [-0.4, -0.2) is 30.4 Å². The Kier molecular flexibility index (Phi) is 3.51. The van der Waals surface area contributed by atoms with Crippen LogP contribution in [0.2, 0.25) is 0 Å². The van der Waals surface area contributed by atoms with Crippen molar-refractivity contribution >= 4 is 0 Å². The van der Waals surface area contributed by atoms with Crippen molar-refractivity contribution < 1.29 is 4.74 Å². The molecule has 0 radical (unpaired) electrons. The van der Waals surface area contributed by atoms with Crippen LogP contribution in [0.25, 0.3) is 11.1 Å². The van der Waals surface area contributed by atoms with Gasteiger partial charge in [0.2, 0.25) is 0 Å². The third-order valence-electron chi connectivity index (χ3n) is 3.77. The van der Waals surface area contributed by atoms with Crippen LogP contribution >= 0.6 is 0 Å². The SMILES string of the molecule is COc1ccc(-c2cn[nH]c2C2CCCNC2)cc1. The molecule has 3 rings (SSSR count). The highest BCUT2D eigenvalue weighted by Crippen LogP contribution is 2.31. The number of aromatic amines is 1. The molecule has 1 unspecified atom stereocenters. The minimum Gasteiger partial charge on any atom is -0.497 e. The molecule has 0 saturated carbocycles. The van der Waals surface area contributed by atoms with Crippen LogP contribution in [0.3, 0.4) is 0 Å². The largest absolute Gasteiger partial charge is 0.497 e. The zero-order valence-electron chi connectivity index (χ0n) is 11.1. The Labute approximate surface area is 113 Å². The molecule has 2 N–H and O–H groups in total. The number of benzene rings is 1. The van der Waals surface area contributed by atoms with Gasteiger partial charge in [-0.25, -0.2) is 0 Å². The first-order chi connectivity index (χ1) is 9.38. The van der Waals surface area contributed by atoms with Crippen molar-refractivity contribution in [1.82, 2.24) is 15.5 Å². The number of piperidine rings is 1. The van der Waals surface area contributed by atoms with E-state index in [0.29, 0.717) is 5.92 Å². The number of nitrogens with zero attached hydrogens (tertiary/aromatic N) is 1. The molecule has 4 nitrogen and oxygen atoms in total. The van der Waals surface area contributed by atoms with E-state index in [0.717, 1.165) is 18.8 Å². The minimum absolute atomic E-state index is 0.536. The molecule has 1 aromatic heterocycles. The molecular formula is C15H19N3O. The predicted octanol–water partition coefficient (Wildman–Crippen LogP) is 2.55. The summed E-state index contributed by atoms with van der Waals surface area (Å²) in [5.74, 6) is 1.42. The third-order valence-corrected chi connectivity index (χ3v) is 3.77. The van der Waals surface area contributed by atoms with Gasteiger partial charge in [-0.1, -0.05) is 12.1 Å². The maximum atomic E-state index is 5.20. The van der Waals surface area contributed by atoms with Crippen LogP contribution in [0.4, 0.5) is 0 Å². The quantitative estimate of drug-likeness (QED) is 0.888. The number of methoxy groups -OCH3 is 1. The van der Waals surface area contributed by atoms with Crippen LogP contribution in [0.5, 0.6) is 5.75 Å². The number of H-pyrrole nitrogens is 1. The molecule has 1 fully saturated rings. The summed E-state index contributed by atoms with van der Waals surface area (Å²) in [6.45, 7) is 2.16. The smallest absolute Gasteiger partial charge is 0.118 e. The van der Waals surface area contributed by atoms with E-state index in [2.05, 4.69) is 27.6 Å². The molecular weight excluding hydrogens is 238 g/mol. The second-order valence-corrected chi connectivity index (χ2v) is 4.97. The molecule has 1 atom stereocenters. The van der Waals surface area contributed by atoms with Crippen LogP contribution in [0.1, 0.15) is 24.5 Å². The lowest BCUT2D eigenvalue weighted by atomic mass is 9.91. The Bertz CT molecular complexity index is 527. The molecule has 100 valence electrons. The van der Waals surface area contributed by atoms with Crippen molar-refractivity contribution in [3.05, 3.63) is 36.2 Å². The molecule has 19 heavy (non-hydrogen) atoms. The van der Waals surface area contributed by atoms with Gasteiger partial charge in [0.15, 0.2) is 0 Å². The lowest BCUT2D eigenvalue weighted by molar-refractivity contribution is 0.415. The van der Waals surface area contributed by atoms with Gasteiger partial charge in [-0.2, -0.15) is 5.10 Å². The molecule has 0 aliphatic carbocycles. The Hall–Kier alpha value is -1.81. The maximum absolute atomic E-state index is 5.20. The molecule has 2 aromatic rings. The number of ether oxygens (including phenoxy) is 1. The summed E-state index contributed by atoms with van der Waals surface area (Å²) in [5, 5.41) is 10.9. The summed E-state index contributed by atoms with van der Waals surface area (Å²) in [5.41, 5.74) is 3.64. The number of hydrogen-bond acceptors (Lipinski definition) is 3. The zero-order chi connectivity index (χ0) is 13.1. The van der Waals surface area contributed by atoms with Gasteiger partial charge < -0.3 is 10.1 Å². The fourth-order valence-electron chi connectivity index (χ4n) is 2.71. The Morgan fingerprint density at radius 2 is 2.11 bits per heavy atom. The number of nitrogens with one attached hydrogen (secondary N) is 2. The summed E-state index contributed by atoms with van der Waals surface area (Å²) in [6.07, 6.45) is 4.37. The van der Waals surface area contributed by atoms with Gasteiger partial charge in [0.1, 0.15) is 5.75 Å². The molecule has 1 saturated heterocycles. The van der Waals surface area contributed by atoms with Gasteiger partial charge in [-0.3, -0.25) is 5.10 Å². The Morgan fingerprint density at radius 3 is 2.79 bits per heavy atom. The molecule has 0 amide bonds. The van der Waals surface area contributed by atoms with Gasteiger partial charge in [0, 0.05) is 23.7 Å². The van der Waals surface area contributed by atoms with Crippen molar-refractivity contribution in [2.45, 2.75) is 18.8 Å². The molecule has 0 spiro atoms. The normalized spacial score (nSPS) is 19.3. The van der Waals surface area contributed by atoms with E-state index in [4.69, 9.17) is 4.74 Å². The zero-order valence-corrected chi connectivity index (χ0v) is 11.1. The van der Waals surface area contributed by atoms with Crippen molar-refractivity contribution in [2.24, 2.45) is 0 Å². The monoisotopic (exact) mass is 257 g/mol. The van der Waals surface area contributed by atoms with Gasteiger partial charge in [0.25, 0.3) is 0 Å². The molecule has 1 aliphatic rings. The average molecular weight is 257 g/mol. The van der Waals surface area contributed by atoms with Crippen molar-refractivity contribution in [1.29, 1.82) is 0 Å². The lowest BCUT2D eigenvalue weighted by Gasteiger charge is -2.22. The molecule has 0 bridgehead atoms. The summed E-state index contributed by atoms with van der Waals surface area (Å²) in [4.78, 5) is 0. The molecule has 4 heteroatoms. The Morgan fingerprint density at radius 1 is 1.26 bits per heavy atom. The van der Waals surface area contributed by atoms with E-state index in [9.17, 15) is 0 Å². The molecule has 1 aromatic carbocycles. The number of rotatable bonds is 3. The highest BCUT2D eigenvalue weighted by atomic mass is 16.5. The highest BCUT2D eigenvalue weighted by Gasteiger charge is 2.20. The predicted molar refractivity (Wildman–Crippen MR) is 75.4 cm³/mol. The van der Waals surface area contributed by atoms with Gasteiger partial charge in [0.05, 0.1) is 13.3 Å². The third kappa shape index (κ3) is 2.49. The molecule has 2 heterocycles. The maximum Gasteiger partial charge on any atom is 0.118 e. The van der Waals surface area contributed by atoms with Gasteiger partial charge in [-0.15, -0.1) is 0 Å². The summed E-state index contributed by atoms with van der Waals surface area (Å²) in [6, 6.07) is 8.16. The molecule has 1 aliphatic heterocycles. The van der Waals surface area contributed by atoms with Crippen LogP contribution in [0.15, 0.2) is 30.5 Å². The van der Waals surface area contributed by atoms with Crippen molar-refractivity contribution in [3.63, 3.8) is 0 Å². The second kappa shape index (κ2) is 5.45. The lowest BCUT2D eigenvalue weighted by Crippen LogP contribution is -2.28. The number of hydrogen-bond donors (Lipinski definition) is 2. The van der Waals surface area contributed by atoms with Crippen LogP contribution in [-0.2, 0) is 0 Å². The van der Waals surface area contributed by atoms with Crippen LogP contribution < -0.4 is 10.1 Å². The average Bonchev–Trinajstić information content (AvgIpc) is 2.98. The first-order valence-corrected chi connectivity index (χ1v) is 6.77. The van der Waals surface area contributed by atoms with Gasteiger partial charge >= 0.3 is 0 Å². The fraction of sp³-hybridized carbons (Fsp3) is 0.400. The van der Waals surface area contributed by atoms with Crippen molar-refractivity contribution in [3.8, 4) is 16.9 Å². The van der Waals surface area contributed by atoms with Gasteiger partial charge in [-0.05, 0) is 37.1 Å². The number of aromatic nitrogens is 2. The minimum atomic E-state index is 0.536. The summed E-state index contributed by atoms with van der Waals surface area (Å²) in [7, 11) is 1.69. The van der Waals surface area contributed by atoms with Crippen LogP contribution in [0, 0.1) is 0 Å². The van der Waals surface area contributed by atoms with E-state index in [1.165, 1.54) is 29.7 Å². The van der Waals surface area contributed by atoms with E-state index in [1.54, 1.807) is 7.11 Å². The first-order valence-electron chi connectivity index (χ1n) is 6.77. The topological polar surface area (TPSA) is 49.9 Å². The standard InChI is InChI=1S/C15H19N3O/c1-19-13-6-4-11(5-7-13)14-10-17-18-15(14)12-3-2-8-16-9-12/h4-7,10,12,16H,2-3,8-9H2,1H3,(H,17,18). The first kappa shape index (κ1) is 12.2. The fourth-order valence-corrected chi connectivity index (χ4v) is 2.71. The summed E-state index contributed by atoms with van der Waals surface area (Å²) < 4.78 is 5.20. The van der Waals surface area contributed by atoms with E-state index in [-0.39, 0.29) is 0 Å². The van der Waals surface area contributed by atoms with Crippen molar-refractivity contribution in [2.75, 3.05) is 20.2 Å². The van der Waals surface area contributed by atoms with E-state index in [1.807, 2.05) is 18.3 Å². The van der Waals surface area contributed by atoms with E-state index < -0.39 is 0 Å².